The molecule has 0 spiro atoms. The highest BCUT2D eigenvalue weighted by Gasteiger charge is 2.28. The standard InChI is InChI=1S/C9H16O3/c1-3-4-5-6-7-9(2,12)8(10)11/h4-5,12H,3,6-7H2,1-2H3,(H,10,11)/b5-4-. The molecule has 0 rings (SSSR count). The van der Waals surface area contributed by atoms with E-state index in [2.05, 4.69) is 0 Å². The van der Waals surface area contributed by atoms with Crippen molar-refractivity contribution in [1.82, 2.24) is 0 Å². The molecule has 0 fully saturated rings. The number of hydrogen-bond donors (Lipinski definition) is 2. The van der Waals surface area contributed by atoms with Crippen LogP contribution in [0.5, 0.6) is 0 Å². The van der Waals surface area contributed by atoms with Gasteiger partial charge >= 0.3 is 5.97 Å². The fourth-order valence-electron chi connectivity index (χ4n) is 0.756. The number of rotatable bonds is 5. The Morgan fingerprint density at radius 2 is 2.08 bits per heavy atom. The predicted octanol–water partition coefficient (Wildman–Crippen LogP) is 1.57. The van der Waals surface area contributed by atoms with Crippen molar-refractivity contribution in [1.29, 1.82) is 0 Å². The molecule has 0 aliphatic heterocycles. The molecule has 0 heterocycles. The fraction of sp³-hybridized carbons (Fsp3) is 0.667. The van der Waals surface area contributed by atoms with Gasteiger partial charge in [-0.1, -0.05) is 19.1 Å². The molecule has 0 aliphatic carbocycles. The van der Waals surface area contributed by atoms with Crippen molar-refractivity contribution in [2.24, 2.45) is 0 Å². The second kappa shape index (κ2) is 4.93. The number of hydrogen-bond acceptors (Lipinski definition) is 2. The van der Waals surface area contributed by atoms with Gasteiger partial charge in [-0.3, -0.25) is 0 Å². The topological polar surface area (TPSA) is 57.5 Å². The van der Waals surface area contributed by atoms with Crippen LogP contribution in [0.2, 0.25) is 0 Å². The van der Waals surface area contributed by atoms with Crippen molar-refractivity contribution in [3.63, 3.8) is 0 Å². The highest BCUT2D eigenvalue weighted by atomic mass is 16.4. The lowest BCUT2D eigenvalue weighted by Gasteiger charge is -2.15. The summed E-state index contributed by atoms with van der Waals surface area (Å²) in [4.78, 5) is 10.4. The van der Waals surface area contributed by atoms with E-state index in [4.69, 9.17) is 5.11 Å². The molecule has 0 saturated heterocycles. The van der Waals surface area contributed by atoms with E-state index in [0.717, 1.165) is 6.42 Å². The lowest BCUT2D eigenvalue weighted by atomic mass is 10.0. The largest absolute Gasteiger partial charge is 0.479 e. The zero-order valence-corrected chi connectivity index (χ0v) is 7.58. The molecule has 0 aromatic heterocycles. The SMILES string of the molecule is CC/C=C\CCC(C)(O)C(=O)O. The summed E-state index contributed by atoms with van der Waals surface area (Å²) in [7, 11) is 0. The Balaban J connectivity index is 3.76. The molecule has 12 heavy (non-hydrogen) atoms. The molecule has 1 unspecified atom stereocenters. The van der Waals surface area contributed by atoms with Gasteiger partial charge in [0.2, 0.25) is 0 Å². The lowest BCUT2D eigenvalue weighted by Crippen LogP contribution is -2.34. The molecular weight excluding hydrogens is 156 g/mol. The minimum atomic E-state index is -1.59. The van der Waals surface area contributed by atoms with Gasteiger partial charge in [-0.2, -0.15) is 0 Å². The van der Waals surface area contributed by atoms with Crippen LogP contribution in [-0.4, -0.2) is 21.8 Å². The van der Waals surface area contributed by atoms with Gasteiger partial charge in [-0.05, 0) is 26.2 Å². The third kappa shape index (κ3) is 4.13. The molecule has 0 radical (unpaired) electrons. The van der Waals surface area contributed by atoms with E-state index in [0.29, 0.717) is 6.42 Å². The van der Waals surface area contributed by atoms with Gasteiger partial charge in [-0.15, -0.1) is 0 Å². The van der Waals surface area contributed by atoms with E-state index < -0.39 is 11.6 Å². The molecule has 0 amide bonds. The van der Waals surface area contributed by atoms with Crippen molar-refractivity contribution < 1.29 is 15.0 Å². The smallest absolute Gasteiger partial charge is 0.335 e. The van der Waals surface area contributed by atoms with Gasteiger partial charge in [0.1, 0.15) is 0 Å². The average molecular weight is 172 g/mol. The summed E-state index contributed by atoms with van der Waals surface area (Å²) < 4.78 is 0. The Morgan fingerprint density at radius 3 is 2.50 bits per heavy atom. The third-order valence-corrected chi connectivity index (χ3v) is 1.66. The molecule has 0 aromatic carbocycles. The molecule has 2 N–H and O–H groups in total. The second-order valence-electron chi connectivity index (χ2n) is 3.00. The van der Waals surface area contributed by atoms with Crippen LogP contribution in [0.25, 0.3) is 0 Å². The van der Waals surface area contributed by atoms with Crippen LogP contribution < -0.4 is 0 Å². The first-order chi connectivity index (χ1) is 5.50. The first kappa shape index (κ1) is 11.2. The van der Waals surface area contributed by atoms with Gasteiger partial charge in [0, 0.05) is 0 Å². The van der Waals surface area contributed by atoms with Gasteiger partial charge in [0.25, 0.3) is 0 Å². The third-order valence-electron chi connectivity index (χ3n) is 1.66. The van der Waals surface area contributed by atoms with Gasteiger partial charge in [0.05, 0.1) is 0 Å². The normalized spacial score (nSPS) is 16.2. The lowest BCUT2D eigenvalue weighted by molar-refractivity contribution is -0.157. The van der Waals surface area contributed by atoms with Crippen LogP contribution >= 0.6 is 0 Å². The second-order valence-corrected chi connectivity index (χ2v) is 3.00. The summed E-state index contributed by atoms with van der Waals surface area (Å²) in [5.74, 6) is -1.16. The molecule has 0 aromatic rings. The van der Waals surface area contributed by atoms with Crippen LogP contribution in [0.15, 0.2) is 12.2 Å². The number of carbonyl (C=O) groups is 1. The van der Waals surface area contributed by atoms with Crippen molar-refractivity contribution in [2.45, 2.75) is 38.7 Å². The first-order valence-corrected chi connectivity index (χ1v) is 4.11. The minimum absolute atomic E-state index is 0.263. The van der Waals surface area contributed by atoms with Gasteiger partial charge in [-0.25, -0.2) is 4.79 Å². The maximum absolute atomic E-state index is 10.4. The zero-order chi connectivity index (χ0) is 9.61. The van der Waals surface area contributed by atoms with Crippen molar-refractivity contribution in [3.05, 3.63) is 12.2 Å². The van der Waals surface area contributed by atoms with Crippen molar-refractivity contribution in [2.75, 3.05) is 0 Å². The quantitative estimate of drug-likeness (QED) is 0.619. The number of allylic oxidation sites excluding steroid dienone is 2. The van der Waals surface area contributed by atoms with E-state index in [1.807, 2.05) is 19.1 Å². The van der Waals surface area contributed by atoms with Crippen molar-refractivity contribution >= 4 is 5.97 Å². The molecular formula is C9H16O3. The van der Waals surface area contributed by atoms with Crippen LogP contribution in [0, 0.1) is 0 Å². The summed E-state index contributed by atoms with van der Waals surface area (Å²) in [5, 5.41) is 17.8. The maximum atomic E-state index is 10.4. The summed E-state index contributed by atoms with van der Waals surface area (Å²) in [6.07, 6.45) is 5.65. The summed E-state index contributed by atoms with van der Waals surface area (Å²) >= 11 is 0. The van der Waals surface area contributed by atoms with E-state index in [1.165, 1.54) is 6.92 Å². The number of aliphatic carboxylic acids is 1. The van der Waals surface area contributed by atoms with E-state index >= 15 is 0 Å². The summed E-state index contributed by atoms with van der Waals surface area (Å²) in [6.45, 7) is 3.32. The van der Waals surface area contributed by atoms with Crippen molar-refractivity contribution in [3.8, 4) is 0 Å². The molecule has 3 nitrogen and oxygen atoms in total. The van der Waals surface area contributed by atoms with Gasteiger partial charge in [0.15, 0.2) is 5.60 Å². The highest BCUT2D eigenvalue weighted by molar-refractivity contribution is 5.76. The molecule has 3 heteroatoms. The van der Waals surface area contributed by atoms with Crippen LogP contribution in [0.1, 0.15) is 33.1 Å². The highest BCUT2D eigenvalue weighted by Crippen LogP contribution is 2.12. The van der Waals surface area contributed by atoms with E-state index in [9.17, 15) is 9.90 Å². The average Bonchev–Trinajstić information content (AvgIpc) is 1.98. The van der Waals surface area contributed by atoms with Gasteiger partial charge < -0.3 is 10.2 Å². The Kier molecular flexibility index (Phi) is 4.59. The monoisotopic (exact) mass is 172 g/mol. The Labute approximate surface area is 72.7 Å². The number of aliphatic hydroxyl groups is 1. The molecule has 0 saturated carbocycles. The summed E-state index contributed by atoms with van der Waals surface area (Å²) in [5.41, 5.74) is -1.59. The number of carboxylic acids is 1. The molecule has 0 bridgehead atoms. The maximum Gasteiger partial charge on any atom is 0.335 e. The van der Waals surface area contributed by atoms with E-state index in [-0.39, 0.29) is 6.42 Å². The Hall–Kier alpha value is -0.830. The summed E-state index contributed by atoms with van der Waals surface area (Å²) in [6, 6.07) is 0. The number of carboxylic acid groups (broad SMARTS) is 1. The minimum Gasteiger partial charge on any atom is -0.479 e. The zero-order valence-electron chi connectivity index (χ0n) is 7.58. The fourth-order valence-corrected chi connectivity index (χ4v) is 0.756. The molecule has 0 aliphatic rings. The van der Waals surface area contributed by atoms with Crippen LogP contribution in [-0.2, 0) is 4.79 Å². The predicted molar refractivity (Wildman–Crippen MR) is 46.9 cm³/mol. The van der Waals surface area contributed by atoms with Crippen LogP contribution in [0.4, 0.5) is 0 Å². The first-order valence-electron chi connectivity index (χ1n) is 4.11. The molecule has 1 atom stereocenters. The van der Waals surface area contributed by atoms with Crippen LogP contribution in [0.3, 0.4) is 0 Å². The van der Waals surface area contributed by atoms with E-state index in [1.54, 1.807) is 0 Å². The Morgan fingerprint density at radius 1 is 1.50 bits per heavy atom. The molecule has 70 valence electrons. The Bertz CT molecular complexity index is 171.